The fourth-order valence-electron chi connectivity index (χ4n) is 1.73. The molecule has 1 atom stereocenters. The van der Waals surface area contributed by atoms with Crippen molar-refractivity contribution in [3.63, 3.8) is 0 Å². The molecule has 4 nitrogen and oxygen atoms in total. The maximum absolute atomic E-state index is 10.6. The summed E-state index contributed by atoms with van der Waals surface area (Å²) in [7, 11) is 0. The van der Waals surface area contributed by atoms with Gasteiger partial charge in [0, 0.05) is 10.6 Å². The predicted octanol–water partition coefficient (Wildman–Crippen LogP) is 1.73. The first kappa shape index (κ1) is 10.1. The third kappa shape index (κ3) is 1.36. The molecule has 6 heteroatoms. The number of thioether (sulfide) groups is 1. The summed E-state index contributed by atoms with van der Waals surface area (Å²) >= 11 is 7.31. The third-order valence-electron chi connectivity index (χ3n) is 2.58. The van der Waals surface area contributed by atoms with Crippen molar-refractivity contribution in [1.82, 2.24) is 14.8 Å². The first-order valence-electron chi connectivity index (χ1n) is 4.72. The SMILES string of the molecule is OC1(c2ccc(Cl)cc2)CSc2ncnn21. The molecule has 0 saturated heterocycles. The lowest BCUT2D eigenvalue weighted by Gasteiger charge is -2.23. The van der Waals surface area contributed by atoms with Gasteiger partial charge in [-0.05, 0) is 12.1 Å². The van der Waals surface area contributed by atoms with Gasteiger partial charge in [-0.1, -0.05) is 35.5 Å². The van der Waals surface area contributed by atoms with Gasteiger partial charge in [0.2, 0.25) is 0 Å². The van der Waals surface area contributed by atoms with E-state index < -0.39 is 5.72 Å². The Morgan fingerprint density at radius 1 is 1.38 bits per heavy atom. The Morgan fingerprint density at radius 3 is 2.88 bits per heavy atom. The van der Waals surface area contributed by atoms with Crippen molar-refractivity contribution in [2.24, 2.45) is 0 Å². The second-order valence-electron chi connectivity index (χ2n) is 3.57. The van der Waals surface area contributed by atoms with Crippen molar-refractivity contribution in [2.75, 3.05) is 5.75 Å². The van der Waals surface area contributed by atoms with Gasteiger partial charge in [-0.15, -0.1) is 0 Å². The molecule has 1 aromatic heterocycles. The fraction of sp³-hybridized carbons (Fsp3) is 0.200. The van der Waals surface area contributed by atoms with Crippen LogP contribution in [0.5, 0.6) is 0 Å². The molecule has 0 saturated carbocycles. The minimum absolute atomic E-state index is 0.519. The molecule has 16 heavy (non-hydrogen) atoms. The van der Waals surface area contributed by atoms with Crippen LogP contribution in [-0.4, -0.2) is 25.6 Å². The largest absolute Gasteiger partial charge is 0.365 e. The Hall–Kier alpha value is -1.04. The number of rotatable bonds is 1. The molecule has 2 heterocycles. The van der Waals surface area contributed by atoms with Crippen LogP contribution in [0.2, 0.25) is 5.02 Å². The molecular formula is C10H8ClN3OS. The van der Waals surface area contributed by atoms with Crippen LogP contribution in [-0.2, 0) is 5.72 Å². The lowest BCUT2D eigenvalue weighted by atomic mass is 10.1. The summed E-state index contributed by atoms with van der Waals surface area (Å²) in [4.78, 5) is 4.06. The summed E-state index contributed by atoms with van der Waals surface area (Å²) in [6.45, 7) is 0. The van der Waals surface area contributed by atoms with Crippen LogP contribution in [0.15, 0.2) is 35.7 Å². The van der Waals surface area contributed by atoms with E-state index in [0.717, 1.165) is 10.7 Å². The van der Waals surface area contributed by atoms with E-state index in [0.29, 0.717) is 10.8 Å². The van der Waals surface area contributed by atoms with E-state index in [1.165, 1.54) is 18.1 Å². The van der Waals surface area contributed by atoms with Crippen LogP contribution < -0.4 is 0 Å². The van der Waals surface area contributed by atoms with Gasteiger partial charge >= 0.3 is 0 Å². The first-order valence-corrected chi connectivity index (χ1v) is 6.08. The second-order valence-corrected chi connectivity index (χ2v) is 4.95. The molecule has 1 unspecified atom stereocenters. The molecule has 0 amide bonds. The van der Waals surface area contributed by atoms with Gasteiger partial charge in [0.05, 0.1) is 5.75 Å². The molecule has 2 aromatic rings. The van der Waals surface area contributed by atoms with Gasteiger partial charge in [-0.25, -0.2) is 9.67 Å². The van der Waals surface area contributed by atoms with Gasteiger partial charge in [-0.2, -0.15) is 5.10 Å². The van der Waals surface area contributed by atoms with E-state index in [2.05, 4.69) is 10.1 Å². The summed E-state index contributed by atoms with van der Waals surface area (Å²) in [5, 5.41) is 16.0. The zero-order valence-electron chi connectivity index (χ0n) is 8.17. The van der Waals surface area contributed by atoms with E-state index in [1.807, 2.05) is 0 Å². The summed E-state index contributed by atoms with van der Waals surface area (Å²) in [5.41, 5.74) is -0.338. The van der Waals surface area contributed by atoms with Gasteiger partial charge in [0.25, 0.3) is 0 Å². The minimum Gasteiger partial charge on any atom is -0.365 e. The number of aliphatic hydroxyl groups is 1. The Balaban J connectivity index is 2.10. The topological polar surface area (TPSA) is 50.9 Å². The van der Waals surface area contributed by atoms with E-state index >= 15 is 0 Å². The van der Waals surface area contributed by atoms with Crippen molar-refractivity contribution < 1.29 is 5.11 Å². The quantitative estimate of drug-likeness (QED) is 0.841. The van der Waals surface area contributed by atoms with E-state index in [9.17, 15) is 5.11 Å². The number of hydrogen-bond acceptors (Lipinski definition) is 4. The van der Waals surface area contributed by atoms with E-state index in [4.69, 9.17) is 11.6 Å². The molecule has 0 bridgehead atoms. The Morgan fingerprint density at radius 2 is 2.12 bits per heavy atom. The van der Waals surface area contributed by atoms with E-state index in [1.54, 1.807) is 28.9 Å². The number of hydrogen-bond donors (Lipinski definition) is 1. The molecule has 0 aliphatic carbocycles. The molecule has 1 N–H and O–H groups in total. The Bertz CT molecular complexity index is 527. The average molecular weight is 254 g/mol. The number of nitrogens with zero attached hydrogens (tertiary/aromatic N) is 3. The maximum atomic E-state index is 10.6. The molecule has 0 fully saturated rings. The van der Waals surface area contributed by atoms with Crippen molar-refractivity contribution in [3.05, 3.63) is 41.2 Å². The van der Waals surface area contributed by atoms with Gasteiger partial charge < -0.3 is 5.11 Å². The Labute approximate surface area is 101 Å². The smallest absolute Gasteiger partial charge is 0.196 e. The van der Waals surface area contributed by atoms with Crippen molar-refractivity contribution in [1.29, 1.82) is 0 Å². The van der Waals surface area contributed by atoms with Crippen LogP contribution in [0.4, 0.5) is 0 Å². The summed E-state index contributed by atoms with van der Waals surface area (Å²) in [6.07, 6.45) is 1.45. The van der Waals surface area contributed by atoms with E-state index in [-0.39, 0.29) is 0 Å². The standard InChI is InChI=1S/C10H8ClN3OS/c11-8-3-1-7(2-4-8)10(15)5-16-9-12-6-13-14(9)10/h1-4,6,15H,5H2. The fourth-order valence-corrected chi connectivity index (χ4v) is 2.92. The zero-order chi connectivity index (χ0) is 11.2. The van der Waals surface area contributed by atoms with Gasteiger partial charge in [0.15, 0.2) is 10.9 Å². The highest BCUT2D eigenvalue weighted by molar-refractivity contribution is 7.99. The number of halogens is 1. The van der Waals surface area contributed by atoms with Crippen LogP contribution in [0.25, 0.3) is 0 Å². The van der Waals surface area contributed by atoms with Crippen LogP contribution in [0.3, 0.4) is 0 Å². The summed E-state index contributed by atoms with van der Waals surface area (Å²) in [5.74, 6) is 0.519. The van der Waals surface area contributed by atoms with Crippen LogP contribution in [0, 0.1) is 0 Å². The molecule has 1 aromatic carbocycles. The highest BCUT2D eigenvalue weighted by atomic mass is 35.5. The normalized spacial score (nSPS) is 23.4. The van der Waals surface area contributed by atoms with Crippen LogP contribution >= 0.6 is 23.4 Å². The highest BCUT2D eigenvalue weighted by Crippen LogP contribution is 2.38. The number of aromatic nitrogens is 3. The molecule has 0 spiro atoms. The minimum atomic E-state index is -1.11. The lowest BCUT2D eigenvalue weighted by Crippen LogP contribution is -2.34. The molecule has 0 radical (unpaired) electrons. The van der Waals surface area contributed by atoms with Gasteiger partial charge in [-0.3, -0.25) is 0 Å². The lowest BCUT2D eigenvalue weighted by molar-refractivity contribution is 0.0156. The maximum Gasteiger partial charge on any atom is 0.196 e. The summed E-state index contributed by atoms with van der Waals surface area (Å²) in [6, 6.07) is 7.13. The Kier molecular flexibility index (Phi) is 2.20. The number of benzene rings is 1. The van der Waals surface area contributed by atoms with Gasteiger partial charge in [0.1, 0.15) is 6.33 Å². The highest BCUT2D eigenvalue weighted by Gasteiger charge is 2.40. The number of fused-ring (bicyclic) bond motifs is 1. The molecular weight excluding hydrogens is 246 g/mol. The molecule has 1 aliphatic heterocycles. The zero-order valence-corrected chi connectivity index (χ0v) is 9.74. The monoisotopic (exact) mass is 253 g/mol. The predicted molar refractivity (Wildman–Crippen MR) is 61.5 cm³/mol. The summed E-state index contributed by atoms with van der Waals surface area (Å²) < 4.78 is 1.54. The van der Waals surface area contributed by atoms with Crippen molar-refractivity contribution >= 4 is 23.4 Å². The first-order chi connectivity index (χ1) is 7.70. The van der Waals surface area contributed by atoms with Crippen molar-refractivity contribution in [2.45, 2.75) is 10.9 Å². The molecule has 1 aliphatic rings. The average Bonchev–Trinajstić information content (AvgIpc) is 2.85. The third-order valence-corrected chi connectivity index (χ3v) is 3.91. The molecule has 3 rings (SSSR count). The molecule has 82 valence electrons. The van der Waals surface area contributed by atoms with Crippen LogP contribution in [0.1, 0.15) is 5.56 Å². The van der Waals surface area contributed by atoms with Crippen molar-refractivity contribution in [3.8, 4) is 0 Å². The second kappa shape index (κ2) is 3.48.